The van der Waals surface area contributed by atoms with Gasteiger partial charge in [-0.3, -0.25) is 0 Å². The third kappa shape index (κ3) is 1.59. The maximum atomic E-state index is 2.27. The van der Waals surface area contributed by atoms with E-state index in [1.54, 1.807) is 0 Å². The molecule has 0 saturated heterocycles. The molecule has 0 nitrogen and oxygen atoms in total. The van der Waals surface area contributed by atoms with Crippen LogP contribution in [0.1, 0.15) is 15.3 Å². The van der Waals surface area contributed by atoms with E-state index in [1.807, 2.05) is 0 Å². The fourth-order valence-corrected chi connectivity index (χ4v) is 2.75. The van der Waals surface area contributed by atoms with Crippen LogP contribution in [0.3, 0.4) is 0 Å². The van der Waals surface area contributed by atoms with Crippen molar-refractivity contribution < 1.29 is 20.4 Å². The van der Waals surface area contributed by atoms with Gasteiger partial charge in [-0.15, -0.1) is 0 Å². The van der Waals surface area contributed by atoms with Gasteiger partial charge >= 0.3 is 108 Å². The second-order valence-corrected chi connectivity index (χ2v) is 4.98. The standard InChI is InChI=1S/C15H11.Ti/c1-2-6-12(7-3-1)14-10-4-8-13-9-5-11-15(13)14;/h1-11H;. The van der Waals surface area contributed by atoms with Crippen molar-refractivity contribution in [3.63, 3.8) is 0 Å². The number of hydrogen-bond donors (Lipinski definition) is 0. The first kappa shape index (κ1) is 10.1. The molecule has 0 saturated carbocycles. The van der Waals surface area contributed by atoms with Gasteiger partial charge in [-0.1, -0.05) is 0 Å². The second kappa shape index (κ2) is 4.05. The third-order valence-corrected chi connectivity index (χ3v) is 3.80. The molecule has 0 aromatic heterocycles. The van der Waals surface area contributed by atoms with Crippen LogP contribution in [0.4, 0.5) is 0 Å². The first-order valence-corrected chi connectivity index (χ1v) is 6.34. The average molecular weight is 239 g/mol. The molecule has 2 aromatic rings. The molecule has 1 heteroatoms. The molecular formula is C15H11Ti. The summed E-state index contributed by atoms with van der Waals surface area (Å²) in [5, 5.41) is 0. The Hall–Kier alpha value is -1.11. The predicted molar refractivity (Wildman–Crippen MR) is 63.7 cm³/mol. The third-order valence-electron chi connectivity index (χ3n) is 3.02. The van der Waals surface area contributed by atoms with Crippen molar-refractivity contribution in [2.45, 2.75) is 4.22 Å². The van der Waals surface area contributed by atoms with Crippen LogP contribution in [-0.2, 0) is 20.4 Å². The van der Waals surface area contributed by atoms with E-state index in [4.69, 9.17) is 0 Å². The number of hydrogen-bond acceptors (Lipinski definition) is 0. The molecule has 75 valence electrons. The van der Waals surface area contributed by atoms with Crippen LogP contribution >= 0.6 is 0 Å². The Morgan fingerprint density at radius 3 is 2.50 bits per heavy atom. The molecule has 0 bridgehead atoms. The fraction of sp³-hybridized carbons (Fsp3) is 0.0667. The quantitative estimate of drug-likeness (QED) is 0.660. The van der Waals surface area contributed by atoms with E-state index in [1.165, 1.54) is 22.3 Å². The van der Waals surface area contributed by atoms with Gasteiger partial charge < -0.3 is 0 Å². The molecule has 1 unspecified atom stereocenters. The minimum atomic E-state index is 0.554. The van der Waals surface area contributed by atoms with E-state index in [0.29, 0.717) is 4.22 Å². The van der Waals surface area contributed by atoms with Crippen LogP contribution in [0.2, 0.25) is 0 Å². The van der Waals surface area contributed by atoms with Crippen molar-refractivity contribution in [1.82, 2.24) is 0 Å². The van der Waals surface area contributed by atoms with E-state index in [0.717, 1.165) is 0 Å². The van der Waals surface area contributed by atoms with Gasteiger partial charge in [0.1, 0.15) is 0 Å². The topological polar surface area (TPSA) is 0 Å². The van der Waals surface area contributed by atoms with Gasteiger partial charge in [0.05, 0.1) is 0 Å². The molecule has 16 heavy (non-hydrogen) atoms. The van der Waals surface area contributed by atoms with E-state index in [-0.39, 0.29) is 0 Å². The molecule has 0 aliphatic heterocycles. The summed E-state index contributed by atoms with van der Waals surface area (Å²) in [7, 11) is 0. The van der Waals surface area contributed by atoms with Crippen LogP contribution in [0.5, 0.6) is 0 Å². The molecule has 1 aliphatic rings. The van der Waals surface area contributed by atoms with Gasteiger partial charge in [-0.2, -0.15) is 0 Å². The Balaban J connectivity index is 2.21. The summed E-state index contributed by atoms with van der Waals surface area (Å²) in [5.74, 6) is 0. The first-order chi connectivity index (χ1) is 7.86. The van der Waals surface area contributed by atoms with Crippen molar-refractivity contribution in [2.75, 3.05) is 0 Å². The van der Waals surface area contributed by atoms with Crippen LogP contribution in [-0.4, -0.2) is 0 Å². The summed E-state index contributed by atoms with van der Waals surface area (Å²) in [6.45, 7) is 0. The molecule has 0 spiro atoms. The van der Waals surface area contributed by atoms with E-state index >= 15 is 0 Å². The van der Waals surface area contributed by atoms with Gasteiger partial charge in [0.2, 0.25) is 0 Å². The summed E-state index contributed by atoms with van der Waals surface area (Å²) in [4.78, 5) is 0. The zero-order valence-corrected chi connectivity index (χ0v) is 10.4. The van der Waals surface area contributed by atoms with Crippen molar-refractivity contribution in [3.05, 3.63) is 65.7 Å². The number of benzene rings is 2. The predicted octanol–water partition coefficient (Wildman–Crippen LogP) is 3.97. The monoisotopic (exact) mass is 239 g/mol. The minimum absolute atomic E-state index is 0.554. The summed E-state index contributed by atoms with van der Waals surface area (Å²) in [6.07, 6.45) is 4.53. The Morgan fingerprint density at radius 1 is 0.875 bits per heavy atom. The van der Waals surface area contributed by atoms with Gasteiger partial charge in [0.15, 0.2) is 0 Å². The molecule has 1 atom stereocenters. The second-order valence-electron chi connectivity index (χ2n) is 4.01. The van der Waals surface area contributed by atoms with Crippen molar-refractivity contribution >= 4 is 6.08 Å². The molecule has 0 radical (unpaired) electrons. The Labute approximate surface area is 107 Å². The number of allylic oxidation sites excluding steroid dienone is 1. The van der Waals surface area contributed by atoms with Crippen LogP contribution in [0.25, 0.3) is 17.2 Å². The van der Waals surface area contributed by atoms with E-state index in [9.17, 15) is 0 Å². The number of fused-ring (bicyclic) bond motifs is 1. The summed E-state index contributed by atoms with van der Waals surface area (Å²) in [6, 6.07) is 17.2. The van der Waals surface area contributed by atoms with Gasteiger partial charge in [0, 0.05) is 0 Å². The summed E-state index contributed by atoms with van der Waals surface area (Å²) < 4.78 is 0.554. The fourth-order valence-electron chi connectivity index (χ4n) is 2.21. The number of rotatable bonds is 1. The maximum absolute atomic E-state index is 2.27. The van der Waals surface area contributed by atoms with Gasteiger partial charge in [0.25, 0.3) is 0 Å². The SMILES string of the molecule is [Ti][CH]1C=Cc2c(-c3ccccc3)cccc21. The molecular weight excluding hydrogens is 228 g/mol. The Kier molecular flexibility index (Phi) is 2.55. The molecule has 0 N–H and O–H groups in total. The zero-order valence-electron chi connectivity index (χ0n) is 8.85. The van der Waals surface area contributed by atoms with Crippen LogP contribution in [0, 0.1) is 0 Å². The van der Waals surface area contributed by atoms with Gasteiger partial charge in [-0.05, 0) is 0 Å². The van der Waals surface area contributed by atoms with Gasteiger partial charge in [-0.25, -0.2) is 0 Å². The van der Waals surface area contributed by atoms with Crippen molar-refractivity contribution in [2.24, 2.45) is 0 Å². The molecule has 0 amide bonds. The average Bonchev–Trinajstić information content (AvgIpc) is 2.73. The molecule has 1 aliphatic carbocycles. The molecule has 3 rings (SSSR count). The zero-order chi connectivity index (χ0) is 11.0. The summed E-state index contributed by atoms with van der Waals surface area (Å²) in [5.41, 5.74) is 5.49. The van der Waals surface area contributed by atoms with Crippen LogP contribution in [0.15, 0.2) is 54.6 Å². The van der Waals surface area contributed by atoms with Crippen molar-refractivity contribution in [3.8, 4) is 11.1 Å². The molecule has 0 fully saturated rings. The first-order valence-electron chi connectivity index (χ1n) is 5.44. The normalized spacial score (nSPS) is 17.3. The Morgan fingerprint density at radius 2 is 1.69 bits per heavy atom. The molecule has 0 heterocycles. The Bertz CT molecular complexity index is 541. The van der Waals surface area contributed by atoms with Crippen LogP contribution < -0.4 is 0 Å². The van der Waals surface area contributed by atoms with E-state index in [2.05, 4.69) is 81.1 Å². The summed E-state index contributed by atoms with van der Waals surface area (Å²) >= 11 is 2.25. The molecule has 2 aromatic carbocycles. The van der Waals surface area contributed by atoms with Crippen molar-refractivity contribution in [1.29, 1.82) is 0 Å². The van der Waals surface area contributed by atoms with E-state index < -0.39 is 0 Å².